The van der Waals surface area contributed by atoms with Crippen LogP contribution in [0.15, 0.2) is 35.2 Å². The Morgan fingerprint density at radius 2 is 1.67 bits per heavy atom. The molecule has 0 bridgehead atoms. The molecule has 0 spiro atoms. The molecule has 1 rings (SSSR count). The van der Waals surface area contributed by atoms with E-state index in [9.17, 15) is 0 Å². The van der Waals surface area contributed by atoms with Crippen LogP contribution in [0.2, 0.25) is 0 Å². The second-order valence-corrected chi connectivity index (χ2v) is 4.06. The first kappa shape index (κ1) is 12.6. The van der Waals surface area contributed by atoms with Crippen LogP contribution in [0.4, 0.5) is 0 Å². The van der Waals surface area contributed by atoms with Crippen molar-refractivity contribution in [2.24, 2.45) is 0 Å². The summed E-state index contributed by atoms with van der Waals surface area (Å²) in [4.78, 5) is 1.25. The van der Waals surface area contributed by atoms with Crippen LogP contribution in [-0.4, -0.2) is 25.3 Å². The lowest BCUT2D eigenvalue weighted by atomic mass is 10.4. The van der Waals surface area contributed by atoms with Crippen molar-refractivity contribution in [3.8, 4) is 0 Å². The summed E-state index contributed by atoms with van der Waals surface area (Å²) in [6.45, 7) is 5.36. The van der Waals surface area contributed by atoms with Crippen molar-refractivity contribution in [1.82, 2.24) is 0 Å². The predicted octanol–water partition coefficient (Wildman–Crippen LogP) is 3.18. The molecule has 0 heterocycles. The zero-order valence-corrected chi connectivity index (χ0v) is 10.1. The smallest absolute Gasteiger partial charge is 0.166 e. The molecule has 1 aromatic carbocycles. The molecule has 84 valence electrons. The van der Waals surface area contributed by atoms with E-state index < -0.39 is 0 Å². The second kappa shape index (κ2) is 7.74. The molecule has 0 saturated heterocycles. The lowest BCUT2D eigenvalue weighted by molar-refractivity contribution is -0.120. The average Bonchev–Trinajstić information content (AvgIpc) is 2.28. The molecule has 15 heavy (non-hydrogen) atoms. The standard InChI is InChI=1S/C12H18O2S/c1-3-13-12(14-4-2)10-15-11-8-6-5-7-9-11/h5-9,12H,3-4,10H2,1-2H3. The van der Waals surface area contributed by atoms with Gasteiger partial charge in [-0.2, -0.15) is 0 Å². The summed E-state index contributed by atoms with van der Waals surface area (Å²) in [6.07, 6.45) is -0.0924. The molecule has 0 N–H and O–H groups in total. The molecule has 0 aromatic heterocycles. The maximum absolute atomic E-state index is 5.46. The highest BCUT2D eigenvalue weighted by Crippen LogP contribution is 2.19. The Morgan fingerprint density at radius 1 is 1.07 bits per heavy atom. The minimum absolute atomic E-state index is 0.0924. The molecule has 0 atom stereocenters. The number of thioether (sulfide) groups is 1. The monoisotopic (exact) mass is 226 g/mol. The van der Waals surface area contributed by atoms with Crippen molar-refractivity contribution in [3.63, 3.8) is 0 Å². The van der Waals surface area contributed by atoms with Gasteiger partial charge in [-0.15, -0.1) is 11.8 Å². The number of benzene rings is 1. The van der Waals surface area contributed by atoms with Crippen molar-refractivity contribution < 1.29 is 9.47 Å². The van der Waals surface area contributed by atoms with E-state index in [0.29, 0.717) is 13.2 Å². The SMILES string of the molecule is CCOC(CSc1ccccc1)OCC. The first-order valence-electron chi connectivity index (χ1n) is 5.27. The average molecular weight is 226 g/mol. The molecule has 0 saturated carbocycles. The van der Waals surface area contributed by atoms with Crippen molar-refractivity contribution in [2.75, 3.05) is 19.0 Å². The summed E-state index contributed by atoms with van der Waals surface area (Å²) in [6, 6.07) is 10.3. The summed E-state index contributed by atoms with van der Waals surface area (Å²) >= 11 is 1.76. The van der Waals surface area contributed by atoms with Gasteiger partial charge < -0.3 is 9.47 Å². The molecule has 1 aromatic rings. The molecule has 0 aliphatic rings. The quantitative estimate of drug-likeness (QED) is 0.525. The molecule has 0 fully saturated rings. The number of hydrogen-bond acceptors (Lipinski definition) is 3. The fourth-order valence-electron chi connectivity index (χ4n) is 1.20. The van der Waals surface area contributed by atoms with Crippen LogP contribution in [0.25, 0.3) is 0 Å². The third-order valence-electron chi connectivity index (χ3n) is 1.83. The van der Waals surface area contributed by atoms with Crippen LogP contribution in [0, 0.1) is 0 Å². The lowest BCUT2D eigenvalue weighted by Crippen LogP contribution is -2.19. The molecular weight excluding hydrogens is 208 g/mol. The Labute approximate surface area is 96.0 Å². The molecule has 3 heteroatoms. The van der Waals surface area contributed by atoms with Crippen molar-refractivity contribution >= 4 is 11.8 Å². The molecule has 0 aliphatic heterocycles. The van der Waals surface area contributed by atoms with Crippen molar-refractivity contribution in [3.05, 3.63) is 30.3 Å². The fraction of sp³-hybridized carbons (Fsp3) is 0.500. The van der Waals surface area contributed by atoms with E-state index in [2.05, 4.69) is 12.1 Å². The predicted molar refractivity (Wildman–Crippen MR) is 64.2 cm³/mol. The fourth-order valence-corrected chi connectivity index (χ4v) is 2.07. The van der Waals surface area contributed by atoms with Gasteiger partial charge >= 0.3 is 0 Å². The first-order chi connectivity index (χ1) is 7.36. The van der Waals surface area contributed by atoms with Crippen LogP contribution < -0.4 is 0 Å². The van der Waals surface area contributed by atoms with E-state index in [-0.39, 0.29) is 6.29 Å². The zero-order valence-electron chi connectivity index (χ0n) is 9.31. The minimum Gasteiger partial charge on any atom is -0.352 e. The zero-order chi connectivity index (χ0) is 10.9. The van der Waals surface area contributed by atoms with E-state index in [1.165, 1.54) is 4.90 Å². The summed E-state index contributed by atoms with van der Waals surface area (Å²) in [5.41, 5.74) is 0. The Balaban J connectivity index is 2.33. The highest BCUT2D eigenvalue weighted by Gasteiger charge is 2.07. The highest BCUT2D eigenvalue weighted by atomic mass is 32.2. The van der Waals surface area contributed by atoms with Crippen LogP contribution in [0.1, 0.15) is 13.8 Å². The molecule has 0 unspecified atom stereocenters. The first-order valence-corrected chi connectivity index (χ1v) is 6.26. The van der Waals surface area contributed by atoms with Gasteiger partial charge in [-0.1, -0.05) is 18.2 Å². The molecule has 0 aliphatic carbocycles. The number of rotatable bonds is 7. The largest absolute Gasteiger partial charge is 0.352 e. The van der Waals surface area contributed by atoms with Crippen molar-refractivity contribution in [1.29, 1.82) is 0 Å². The third-order valence-corrected chi connectivity index (χ3v) is 2.88. The van der Waals surface area contributed by atoms with Crippen LogP contribution >= 0.6 is 11.8 Å². The van der Waals surface area contributed by atoms with Crippen molar-refractivity contribution in [2.45, 2.75) is 25.0 Å². The summed E-state index contributed by atoms with van der Waals surface area (Å²) in [5, 5.41) is 0. The van der Waals surface area contributed by atoms with E-state index in [0.717, 1.165) is 5.75 Å². The highest BCUT2D eigenvalue weighted by molar-refractivity contribution is 7.99. The van der Waals surface area contributed by atoms with Gasteiger partial charge in [0, 0.05) is 23.9 Å². The van der Waals surface area contributed by atoms with Gasteiger partial charge in [-0.3, -0.25) is 0 Å². The second-order valence-electron chi connectivity index (χ2n) is 2.96. The van der Waals surface area contributed by atoms with E-state index in [1.807, 2.05) is 32.0 Å². The molecule has 0 amide bonds. The maximum atomic E-state index is 5.46. The van der Waals surface area contributed by atoms with Crippen LogP contribution in [0.5, 0.6) is 0 Å². The lowest BCUT2D eigenvalue weighted by Gasteiger charge is -2.16. The topological polar surface area (TPSA) is 18.5 Å². The van der Waals surface area contributed by atoms with Gasteiger partial charge in [0.1, 0.15) is 0 Å². The van der Waals surface area contributed by atoms with Gasteiger partial charge in [0.05, 0.1) is 0 Å². The van der Waals surface area contributed by atoms with Crippen LogP contribution in [-0.2, 0) is 9.47 Å². The molecule has 2 nitrogen and oxygen atoms in total. The Morgan fingerprint density at radius 3 is 2.20 bits per heavy atom. The van der Waals surface area contributed by atoms with Crippen LogP contribution in [0.3, 0.4) is 0 Å². The third kappa shape index (κ3) is 5.21. The van der Waals surface area contributed by atoms with E-state index in [4.69, 9.17) is 9.47 Å². The van der Waals surface area contributed by atoms with E-state index >= 15 is 0 Å². The van der Waals surface area contributed by atoms with Gasteiger partial charge in [-0.25, -0.2) is 0 Å². The minimum atomic E-state index is -0.0924. The molecular formula is C12H18O2S. The van der Waals surface area contributed by atoms with Gasteiger partial charge in [-0.05, 0) is 26.0 Å². The Hall–Kier alpha value is -0.510. The molecule has 0 radical (unpaired) electrons. The maximum Gasteiger partial charge on any atom is 0.166 e. The Kier molecular flexibility index (Phi) is 6.48. The summed E-state index contributed by atoms with van der Waals surface area (Å²) in [7, 11) is 0. The van der Waals surface area contributed by atoms with Gasteiger partial charge in [0.25, 0.3) is 0 Å². The summed E-state index contributed by atoms with van der Waals surface area (Å²) < 4.78 is 10.9. The summed E-state index contributed by atoms with van der Waals surface area (Å²) in [5.74, 6) is 0.839. The van der Waals surface area contributed by atoms with E-state index in [1.54, 1.807) is 11.8 Å². The number of hydrogen-bond donors (Lipinski definition) is 0. The normalized spacial score (nSPS) is 10.9. The number of ether oxygens (including phenoxy) is 2. The van der Waals surface area contributed by atoms with Gasteiger partial charge in [0.2, 0.25) is 0 Å². The Bertz CT molecular complexity index is 245. The van der Waals surface area contributed by atoms with Gasteiger partial charge in [0.15, 0.2) is 6.29 Å².